The van der Waals surface area contributed by atoms with Crippen LogP contribution < -0.4 is 10.1 Å². The number of furan rings is 1. The molecule has 0 saturated carbocycles. The molecule has 2 aromatic carbocycles. The number of rotatable bonds is 5. The number of hydrogen-bond donors (Lipinski definition) is 1. The molecule has 5 heteroatoms. The van der Waals surface area contributed by atoms with E-state index in [0.29, 0.717) is 6.54 Å². The number of benzene rings is 2. The zero-order chi connectivity index (χ0) is 20.3. The van der Waals surface area contributed by atoms with Crippen molar-refractivity contribution >= 4 is 5.91 Å². The van der Waals surface area contributed by atoms with Gasteiger partial charge < -0.3 is 14.5 Å². The first-order valence-corrected chi connectivity index (χ1v) is 10.7. The maximum atomic E-state index is 13.5. The highest BCUT2D eigenvalue weighted by molar-refractivity contribution is 5.89. The molecular formula is C25H26N2O3. The van der Waals surface area contributed by atoms with Gasteiger partial charge in [-0.05, 0) is 50.2 Å². The van der Waals surface area contributed by atoms with Gasteiger partial charge in [-0.15, -0.1) is 0 Å². The predicted octanol–water partition coefficient (Wildman–Crippen LogP) is 4.86. The molecule has 1 saturated heterocycles. The molecule has 1 fully saturated rings. The Kier molecular flexibility index (Phi) is 5.28. The van der Waals surface area contributed by atoms with Crippen molar-refractivity contribution < 1.29 is 13.9 Å². The van der Waals surface area contributed by atoms with Crippen LogP contribution >= 0.6 is 0 Å². The van der Waals surface area contributed by atoms with Gasteiger partial charge in [-0.3, -0.25) is 9.69 Å². The Bertz CT molecular complexity index is 963. The second-order valence-corrected chi connectivity index (χ2v) is 7.98. The first kappa shape index (κ1) is 18.9. The van der Waals surface area contributed by atoms with Gasteiger partial charge in [0, 0.05) is 17.7 Å². The summed E-state index contributed by atoms with van der Waals surface area (Å²) in [4.78, 5) is 15.9. The Labute approximate surface area is 176 Å². The lowest BCUT2D eigenvalue weighted by atomic mass is 9.87. The number of likely N-dealkylation sites (tertiary alicyclic amines) is 1. The molecule has 0 spiro atoms. The minimum absolute atomic E-state index is 0.00762. The summed E-state index contributed by atoms with van der Waals surface area (Å²) >= 11 is 0. The predicted molar refractivity (Wildman–Crippen MR) is 115 cm³/mol. The van der Waals surface area contributed by atoms with Crippen LogP contribution in [0.25, 0.3) is 0 Å². The van der Waals surface area contributed by atoms with E-state index in [2.05, 4.69) is 10.2 Å². The van der Waals surface area contributed by atoms with Gasteiger partial charge in [0.15, 0.2) is 0 Å². The van der Waals surface area contributed by atoms with Gasteiger partial charge >= 0.3 is 0 Å². The van der Waals surface area contributed by atoms with E-state index in [1.807, 2.05) is 60.7 Å². The van der Waals surface area contributed by atoms with Crippen LogP contribution in [0.2, 0.25) is 0 Å². The highest BCUT2D eigenvalue weighted by Crippen LogP contribution is 2.44. The normalized spacial score (nSPS) is 17.5. The Balaban J connectivity index is 1.40. The summed E-state index contributed by atoms with van der Waals surface area (Å²) in [5.41, 5.74) is 1.81. The van der Waals surface area contributed by atoms with Gasteiger partial charge in [-0.2, -0.15) is 0 Å². The third-order valence-electron chi connectivity index (χ3n) is 6.11. The first-order chi connectivity index (χ1) is 14.8. The van der Waals surface area contributed by atoms with Crippen molar-refractivity contribution in [2.45, 2.75) is 31.2 Å². The number of nitrogens with one attached hydrogen (secondary N) is 1. The average molecular weight is 402 g/mol. The molecule has 3 heterocycles. The zero-order valence-corrected chi connectivity index (χ0v) is 16.9. The van der Waals surface area contributed by atoms with Crippen LogP contribution in [0.1, 0.15) is 48.1 Å². The Morgan fingerprint density at radius 1 is 0.933 bits per heavy atom. The molecule has 2 aliphatic rings. The molecule has 0 bridgehead atoms. The van der Waals surface area contributed by atoms with Crippen LogP contribution in [0.4, 0.5) is 0 Å². The largest absolute Gasteiger partial charge is 0.468 e. The minimum atomic E-state index is -0.384. The van der Waals surface area contributed by atoms with Gasteiger partial charge in [0.05, 0.1) is 18.2 Å². The summed E-state index contributed by atoms with van der Waals surface area (Å²) in [6.07, 6.45) is 5.35. The van der Waals surface area contributed by atoms with Crippen molar-refractivity contribution in [3.63, 3.8) is 0 Å². The minimum Gasteiger partial charge on any atom is -0.468 e. The number of amides is 1. The van der Waals surface area contributed by atoms with E-state index >= 15 is 0 Å². The topological polar surface area (TPSA) is 54.7 Å². The Hall–Kier alpha value is -3.05. The summed E-state index contributed by atoms with van der Waals surface area (Å²) < 4.78 is 11.8. The Morgan fingerprint density at radius 2 is 1.60 bits per heavy atom. The second kappa shape index (κ2) is 8.36. The number of fused-ring (bicyclic) bond motifs is 2. The number of nitrogens with zero attached hydrogens (tertiary/aromatic N) is 1. The van der Waals surface area contributed by atoms with Crippen molar-refractivity contribution in [1.29, 1.82) is 0 Å². The molecule has 1 N–H and O–H groups in total. The van der Waals surface area contributed by atoms with E-state index in [0.717, 1.165) is 41.5 Å². The summed E-state index contributed by atoms with van der Waals surface area (Å²) in [5, 5.41) is 3.22. The number of para-hydroxylation sites is 2. The monoisotopic (exact) mass is 402 g/mol. The maximum absolute atomic E-state index is 13.5. The number of carbonyl (C=O) groups excluding carboxylic acids is 1. The third kappa shape index (κ3) is 3.61. The fourth-order valence-electron chi connectivity index (χ4n) is 4.61. The molecule has 5 rings (SSSR count). The molecule has 1 unspecified atom stereocenters. The van der Waals surface area contributed by atoms with Gasteiger partial charge in [-0.1, -0.05) is 42.8 Å². The number of carbonyl (C=O) groups is 1. The maximum Gasteiger partial charge on any atom is 0.232 e. The van der Waals surface area contributed by atoms with E-state index in [1.165, 1.54) is 19.3 Å². The number of hydrogen-bond acceptors (Lipinski definition) is 4. The molecule has 1 atom stereocenters. The van der Waals surface area contributed by atoms with Crippen LogP contribution in [0, 0.1) is 0 Å². The molecule has 30 heavy (non-hydrogen) atoms. The lowest BCUT2D eigenvalue weighted by Crippen LogP contribution is -2.42. The fourth-order valence-corrected chi connectivity index (χ4v) is 4.61. The van der Waals surface area contributed by atoms with Gasteiger partial charge in [-0.25, -0.2) is 0 Å². The average Bonchev–Trinajstić information content (AvgIpc) is 3.33. The number of ether oxygens (including phenoxy) is 1. The molecule has 1 aromatic heterocycles. The molecule has 2 aliphatic heterocycles. The molecule has 0 aliphatic carbocycles. The van der Waals surface area contributed by atoms with Crippen LogP contribution in [-0.2, 0) is 4.79 Å². The van der Waals surface area contributed by atoms with E-state index in [9.17, 15) is 4.79 Å². The SMILES string of the molecule is O=C(NCC(c1ccco1)N1CCCCC1)C1c2ccccc2Oc2ccccc21. The van der Waals surface area contributed by atoms with Crippen molar-refractivity contribution in [2.75, 3.05) is 19.6 Å². The van der Waals surface area contributed by atoms with Gasteiger partial charge in [0.25, 0.3) is 0 Å². The van der Waals surface area contributed by atoms with Crippen molar-refractivity contribution in [3.05, 3.63) is 83.8 Å². The van der Waals surface area contributed by atoms with E-state index in [1.54, 1.807) is 6.26 Å². The summed E-state index contributed by atoms with van der Waals surface area (Å²) in [7, 11) is 0. The lowest BCUT2D eigenvalue weighted by molar-refractivity contribution is -0.122. The molecule has 3 aromatic rings. The van der Waals surface area contributed by atoms with E-state index in [4.69, 9.17) is 9.15 Å². The second-order valence-electron chi connectivity index (χ2n) is 7.98. The van der Waals surface area contributed by atoms with Crippen molar-refractivity contribution in [1.82, 2.24) is 10.2 Å². The highest BCUT2D eigenvalue weighted by atomic mass is 16.5. The third-order valence-corrected chi connectivity index (χ3v) is 6.11. The van der Waals surface area contributed by atoms with Crippen LogP contribution in [-0.4, -0.2) is 30.4 Å². The van der Waals surface area contributed by atoms with Crippen LogP contribution in [0.3, 0.4) is 0 Å². The van der Waals surface area contributed by atoms with E-state index in [-0.39, 0.29) is 17.9 Å². The number of piperidine rings is 1. The smallest absolute Gasteiger partial charge is 0.232 e. The van der Waals surface area contributed by atoms with Crippen molar-refractivity contribution in [3.8, 4) is 11.5 Å². The van der Waals surface area contributed by atoms with Gasteiger partial charge in [0.2, 0.25) is 5.91 Å². The van der Waals surface area contributed by atoms with Crippen LogP contribution in [0.5, 0.6) is 11.5 Å². The summed E-state index contributed by atoms with van der Waals surface area (Å²) in [6.45, 7) is 2.59. The lowest BCUT2D eigenvalue weighted by Gasteiger charge is -2.34. The van der Waals surface area contributed by atoms with E-state index < -0.39 is 0 Å². The van der Waals surface area contributed by atoms with Gasteiger partial charge in [0.1, 0.15) is 17.3 Å². The summed E-state index contributed by atoms with van der Waals surface area (Å²) in [6, 6.07) is 19.5. The molecule has 1 amide bonds. The zero-order valence-electron chi connectivity index (χ0n) is 16.9. The fraction of sp³-hybridized carbons (Fsp3) is 0.320. The quantitative estimate of drug-likeness (QED) is 0.662. The standard InChI is InChI=1S/C25H26N2O3/c28-25(26-17-20(23-13-8-16-29-23)27-14-6-1-7-15-27)24-18-9-2-4-11-21(18)30-22-12-5-3-10-19(22)24/h2-5,8-13,16,20,24H,1,6-7,14-15,17H2,(H,26,28). The molecule has 154 valence electrons. The Morgan fingerprint density at radius 3 is 2.23 bits per heavy atom. The van der Waals surface area contributed by atoms with Crippen molar-refractivity contribution in [2.24, 2.45) is 0 Å². The first-order valence-electron chi connectivity index (χ1n) is 10.7. The highest BCUT2D eigenvalue weighted by Gasteiger charge is 2.33. The molecule has 0 radical (unpaired) electrons. The van der Waals surface area contributed by atoms with Crippen LogP contribution in [0.15, 0.2) is 71.3 Å². The molecule has 5 nitrogen and oxygen atoms in total. The molecular weight excluding hydrogens is 376 g/mol. The summed E-state index contributed by atoms with van der Waals surface area (Å²) in [5.74, 6) is 2.01.